The molecule has 0 saturated heterocycles. The van der Waals surface area contributed by atoms with Gasteiger partial charge in [-0.1, -0.05) is 49.2 Å². The molecule has 34 heavy (non-hydrogen) atoms. The molecule has 1 saturated carbocycles. The number of benzene rings is 2. The lowest BCUT2D eigenvalue weighted by molar-refractivity contribution is -0.153. The fourth-order valence-corrected chi connectivity index (χ4v) is 5.22. The maximum atomic E-state index is 13.6. The average Bonchev–Trinajstić information content (AvgIpc) is 2.86. The molecule has 0 bridgehead atoms. The summed E-state index contributed by atoms with van der Waals surface area (Å²) in [6.45, 7) is 0.533. The van der Waals surface area contributed by atoms with E-state index in [1.54, 1.807) is 17.0 Å². The molecule has 0 aromatic heterocycles. The molecule has 178 valence electrons. The number of amides is 2. The molecule has 8 nitrogen and oxygen atoms in total. The molecule has 1 unspecified atom stereocenters. The first kappa shape index (κ1) is 23.5. The van der Waals surface area contributed by atoms with Crippen molar-refractivity contribution in [3.05, 3.63) is 70.8 Å². The molecule has 3 atom stereocenters. The van der Waals surface area contributed by atoms with E-state index in [1.165, 1.54) is 12.1 Å². The highest BCUT2D eigenvalue weighted by Gasteiger charge is 2.41. The zero-order valence-electron chi connectivity index (χ0n) is 18.8. The molecule has 2 aliphatic rings. The standard InChI is InChI=1S/C26H28N2O6/c29-23(18-9-3-5-11-20(18)25(31)32)27-15-22-17-8-2-1-7-16(17)13-14-28(22)24(30)19-10-4-6-12-21(19)26(33)34/h1-3,5,7-9,11,19,21-22H,4,6,10,12-15H2,(H,27,29)(H,31,32)(H,33,34)/t19-,21?,22-/m1/s1. The molecule has 3 N–H and O–H groups in total. The van der Waals surface area contributed by atoms with E-state index in [-0.39, 0.29) is 23.6 Å². The fraction of sp³-hybridized carbons (Fsp3) is 0.385. The van der Waals surface area contributed by atoms with Crippen LogP contribution >= 0.6 is 0 Å². The number of carboxylic acids is 2. The Morgan fingerprint density at radius 3 is 2.24 bits per heavy atom. The van der Waals surface area contributed by atoms with Gasteiger partial charge in [-0.05, 0) is 42.5 Å². The Morgan fingerprint density at radius 2 is 1.53 bits per heavy atom. The molecule has 2 aromatic carbocycles. The minimum atomic E-state index is -1.19. The summed E-state index contributed by atoms with van der Waals surface area (Å²) < 4.78 is 0. The van der Waals surface area contributed by atoms with Crippen molar-refractivity contribution < 1.29 is 29.4 Å². The van der Waals surface area contributed by atoms with Crippen molar-refractivity contribution in [1.29, 1.82) is 0 Å². The minimum absolute atomic E-state index is 0.0511. The van der Waals surface area contributed by atoms with Crippen LogP contribution in [0, 0.1) is 11.8 Å². The van der Waals surface area contributed by atoms with Gasteiger partial charge in [0.15, 0.2) is 0 Å². The second-order valence-electron chi connectivity index (χ2n) is 8.89. The summed E-state index contributed by atoms with van der Waals surface area (Å²) in [6.07, 6.45) is 3.30. The Kier molecular flexibility index (Phi) is 6.95. The lowest BCUT2D eigenvalue weighted by Gasteiger charge is -2.41. The van der Waals surface area contributed by atoms with Gasteiger partial charge >= 0.3 is 11.9 Å². The summed E-state index contributed by atoms with van der Waals surface area (Å²) in [7, 11) is 0. The van der Waals surface area contributed by atoms with Gasteiger partial charge < -0.3 is 20.4 Å². The number of aliphatic carboxylic acids is 1. The topological polar surface area (TPSA) is 124 Å². The third kappa shape index (κ3) is 4.66. The summed E-state index contributed by atoms with van der Waals surface area (Å²) >= 11 is 0. The van der Waals surface area contributed by atoms with E-state index in [2.05, 4.69) is 5.32 Å². The Labute approximate surface area is 197 Å². The molecule has 1 fully saturated rings. The summed E-state index contributed by atoms with van der Waals surface area (Å²) in [5, 5.41) is 21.9. The van der Waals surface area contributed by atoms with Crippen LogP contribution < -0.4 is 5.32 Å². The summed E-state index contributed by atoms with van der Waals surface area (Å²) in [5.74, 6) is -4.13. The maximum Gasteiger partial charge on any atom is 0.336 e. The van der Waals surface area contributed by atoms with Crippen molar-refractivity contribution in [2.24, 2.45) is 11.8 Å². The molecular weight excluding hydrogens is 436 g/mol. The first-order valence-electron chi connectivity index (χ1n) is 11.6. The molecule has 2 amide bonds. The van der Waals surface area contributed by atoms with E-state index in [9.17, 15) is 29.4 Å². The molecule has 0 radical (unpaired) electrons. The summed E-state index contributed by atoms with van der Waals surface area (Å²) in [5.41, 5.74) is 1.95. The number of hydrogen-bond acceptors (Lipinski definition) is 4. The van der Waals surface area contributed by atoms with Gasteiger partial charge in [0.2, 0.25) is 5.91 Å². The molecule has 2 aromatic rings. The normalized spacial score (nSPS) is 21.9. The first-order chi connectivity index (χ1) is 16.4. The predicted molar refractivity (Wildman–Crippen MR) is 123 cm³/mol. The Balaban J connectivity index is 1.59. The number of nitrogens with one attached hydrogen (secondary N) is 1. The highest BCUT2D eigenvalue weighted by molar-refractivity contribution is 6.04. The number of aromatic carboxylic acids is 1. The molecule has 1 aliphatic carbocycles. The van der Waals surface area contributed by atoms with Crippen LogP contribution in [0.3, 0.4) is 0 Å². The van der Waals surface area contributed by atoms with Crippen molar-refractivity contribution in [2.45, 2.75) is 38.1 Å². The van der Waals surface area contributed by atoms with Gasteiger partial charge in [0, 0.05) is 13.1 Å². The Bertz CT molecular complexity index is 1110. The monoisotopic (exact) mass is 464 g/mol. The summed E-state index contributed by atoms with van der Waals surface area (Å²) in [4.78, 5) is 51.5. The van der Waals surface area contributed by atoms with Crippen molar-refractivity contribution in [3.63, 3.8) is 0 Å². The highest BCUT2D eigenvalue weighted by atomic mass is 16.4. The van der Waals surface area contributed by atoms with Crippen LogP contribution in [0.25, 0.3) is 0 Å². The van der Waals surface area contributed by atoms with Crippen molar-refractivity contribution >= 4 is 23.8 Å². The lowest BCUT2D eigenvalue weighted by atomic mass is 9.77. The van der Waals surface area contributed by atoms with E-state index in [0.717, 1.165) is 24.0 Å². The third-order valence-corrected chi connectivity index (χ3v) is 6.95. The van der Waals surface area contributed by atoms with Crippen molar-refractivity contribution in [3.8, 4) is 0 Å². The molecule has 0 spiro atoms. The number of hydrogen-bond donors (Lipinski definition) is 3. The van der Waals surface area contributed by atoms with Gasteiger partial charge in [-0.2, -0.15) is 0 Å². The largest absolute Gasteiger partial charge is 0.481 e. The molecule has 8 heteroatoms. The number of rotatable bonds is 6. The van der Waals surface area contributed by atoms with Crippen molar-refractivity contribution in [1.82, 2.24) is 10.2 Å². The van der Waals surface area contributed by atoms with Crippen LogP contribution in [0.2, 0.25) is 0 Å². The number of carboxylic acid groups (broad SMARTS) is 2. The molecule has 1 heterocycles. The van der Waals surface area contributed by atoms with Crippen LogP contribution in [-0.4, -0.2) is 52.0 Å². The highest BCUT2D eigenvalue weighted by Crippen LogP contribution is 2.36. The Morgan fingerprint density at radius 1 is 0.882 bits per heavy atom. The zero-order valence-corrected chi connectivity index (χ0v) is 18.8. The average molecular weight is 465 g/mol. The second-order valence-corrected chi connectivity index (χ2v) is 8.89. The van der Waals surface area contributed by atoms with Crippen molar-refractivity contribution in [2.75, 3.05) is 13.1 Å². The van der Waals surface area contributed by atoms with E-state index >= 15 is 0 Å². The van der Waals surface area contributed by atoms with Crippen LogP contribution in [0.1, 0.15) is 63.6 Å². The predicted octanol–water partition coefficient (Wildman–Crippen LogP) is 3.13. The summed E-state index contributed by atoms with van der Waals surface area (Å²) in [6, 6.07) is 13.2. The van der Waals surface area contributed by atoms with Gasteiger partial charge in [-0.3, -0.25) is 14.4 Å². The number of nitrogens with zero attached hydrogens (tertiary/aromatic N) is 1. The quantitative estimate of drug-likeness (QED) is 0.603. The van der Waals surface area contributed by atoms with Gasteiger partial charge in [0.25, 0.3) is 5.91 Å². The number of fused-ring (bicyclic) bond motifs is 1. The molecule has 1 aliphatic heterocycles. The maximum absolute atomic E-state index is 13.6. The van der Waals surface area contributed by atoms with Crippen LogP contribution in [0.15, 0.2) is 48.5 Å². The minimum Gasteiger partial charge on any atom is -0.481 e. The van der Waals surface area contributed by atoms with Gasteiger partial charge in [0.05, 0.1) is 29.0 Å². The SMILES string of the molecule is O=C(O)c1ccccc1C(=O)NC[C@@H]1c2ccccc2CCN1C(=O)[C@@H]1CCCCC1C(=O)O. The van der Waals surface area contributed by atoms with Crippen LogP contribution in [0.5, 0.6) is 0 Å². The van der Waals surface area contributed by atoms with E-state index in [1.807, 2.05) is 24.3 Å². The third-order valence-electron chi connectivity index (χ3n) is 6.95. The first-order valence-corrected chi connectivity index (χ1v) is 11.6. The number of carbonyl (C=O) groups excluding carboxylic acids is 2. The van der Waals surface area contributed by atoms with E-state index in [0.29, 0.717) is 25.8 Å². The molecule has 4 rings (SSSR count). The fourth-order valence-electron chi connectivity index (χ4n) is 5.22. The van der Waals surface area contributed by atoms with Gasteiger partial charge in [-0.15, -0.1) is 0 Å². The van der Waals surface area contributed by atoms with Crippen LogP contribution in [0.4, 0.5) is 0 Å². The lowest BCUT2D eigenvalue weighted by Crippen LogP contribution is -2.49. The smallest absolute Gasteiger partial charge is 0.336 e. The second kappa shape index (κ2) is 10.1. The van der Waals surface area contributed by atoms with Gasteiger partial charge in [0.1, 0.15) is 0 Å². The van der Waals surface area contributed by atoms with E-state index in [4.69, 9.17) is 0 Å². The van der Waals surface area contributed by atoms with Gasteiger partial charge in [-0.25, -0.2) is 4.79 Å². The molecular formula is C26H28N2O6. The number of carbonyl (C=O) groups is 4. The Hall–Kier alpha value is -3.68. The zero-order chi connectivity index (χ0) is 24.2. The van der Waals surface area contributed by atoms with E-state index < -0.39 is 35.7 Å². The van der Waals surface area contributed by atoms with Crippen LogP contribution in [-0.2, 0) is 16.0 Å².